The standard InChI is InChI=1S/C27H29N3O4S/c1-28-17-19(21-7-3-4-8-22(21)28)18-29-11-9-23-26(27(32)33-2)24(16-25(31)30(23)13-12-29)34-14-10-20-6-5-15-35-20/h3-8,15-17H,9-14,18H2,1-2H3. The lowest BCUT2D eigenvalue weighted by molar-refractivity contribution is 0.0593. The van der Waals surface area contributed by atoms with Gasteiger partial charge in [-0.15, -0.1) is 11.3 Å². The number of aromatic nitrogens is 2. The van der Waals surface area contributed by atoms with Crippen LogP contribution in [0.1, 0.15) is 26.5 Å². The van der Waals surface area contributed by atoms with Gasteiger partial charge in [-0.25, -0.2) is 4.79 Å². The molecule has 0 fully saturated rings. The molecule has 0 atom stereocenters. The first-order chi connectivity index (χ1) is 17.0. The van der Waals surface area contributed by atoms with Crippen molar-refractivity contribution in [2.45, 2.75) is 25.9 Å². The first-order valence-electron chi connectivity index (χ1n) is 11.8. The number of hydrogen-bond donors (Lipinski definition) is 0. The van der Waals surface area contributed by atoms with Crippen LogP contribution in [0.4, 0.5) is 0 Å². The number of rotatable bonds is 7. The van der Waals surface area contributed by atoms with Crippen LogP contribution in [0.25, 0.3) is 10.9 Å². The first kappa shape index (κ1) is 23.4. The molecule has 1 aliphatic heterocycles. The zero-order valence-electron chi connectivity index (χ0n) is 20.0. The second kappa shape index (κ2) is 10.1. The van der Waals surface area contributed by atoms with Crippen LogP contribution in [0, 0.1) is 0 Å². The van der Waals surface area contributed by atoms with Gasteiger partial charge < -0.3 is 18.6 Å². The summed E-state index contributed by atoms with van der Waals surface area (Å²) >= 11 is 1.66. The Morgan fingerprint density at radius 2 is 1.97 bits per heavy atom. The van der Waals surface area contributed by atoms with Crippen molar-refractivity contribution >= 4 is 28.2 Å². The topological polar surface area (TPSA) is 65.7 Å². The molecule has 0 saturated carbocycles. The molecule has 0 bridgehead atoms. The van der Waals surface area contributed by atoms with Crippen molar-refractivity contribution < 1.29 is 14.3 Å². The Kier molecular flexibility index (Phi) is 6.74. The van der Waals surface area contributed by atoms with Crippen LogP contribution in [0.15, 0.2) is 58.8 Å². The molecule has 0 N–H and O–H groups in total. The number of ether oxygens (including phenoxy) is 2. The number of benzene rings is 1. The quantitative estimate of drug-likeness (QED) is 0.367. The van der Waals surface area contributed by atoms with Crippen molar-refractivity contribution in [2.24, 2.45) is 7.05 Å². The summed E-state index contributed by atoms with van der Waals surface area (Å²) < 4.78 is 14.9. The van der Waals surface area contributed by atoms with E-state index >= 15 is 0 Å². The van der Waals surface area contributed by atoms with E-state index in [1.807, 2.05) is 17.5 Å². The third-order valence-corrected chi connectivity index (χ3v) is 7.57. The maximum Gasteiger partial charge on any atom is 0.343 e. The molecule has 0 saturated heterocycles. The Morgan fingerprint density at radius 1 is 1.11 bits per heavy atom. The fourth-order valence-corrected chi connectivity index (χ4v) is 5.59. The fraction of sp³-hybridized carbons (Fsp3) is 0.333. The number of thiophene rings is 1. The summed E-state index contributed by atoms with van der Waals surface area (Å²) in [6.45, 7) is 3.13. The molecule has 182 valence electrons. The molecule has 1 aromatic carbocycles. The molecule has 0 amide bonds. The number of hydrogen-bond acceptors (Lipinski definition) is 6. The normalized spacial score (nSPS) is 14.0. The fourth-order valence-electron chi connectivity index (χ4n) is 4.90. The Morgan fingerprint density at radius 3 is 2.77 bits per heavy atom. The molecule has 0 unspecified atom stereocenters. The van der Waals surface area contributed by atoms with Crippen LogP contribution < -0.4 is 10.3 Å². The number of para-hydroxylation sites is 1. The van der Waals surface area contributed by atoms with Gasteiger partial charge in [-0.1, -0.05) is 24.3 Å². The van der Waals surface area contributed by atoms with E-state index in [1.165, 1.54) is 34.5 Å². The lowest BCUT2D eigenvalue weighted by Crippen LogP contribution is -2.29. The highest BCUT2D eigenvalue weighted by atomic mass is 32.1. The monoisotopic (exact) mass is 491 g/mol. The van der Waals surface area contributed by atoms with Gasteiger partial charge in [0.05, 0.1) is 13.7 Å². The third kappa shape index (κ3) is 4.76. The van der Waals surface area contributed by atoms with Crippen LogP contribution in [0.5, 0.6) is 5.75 Å². The van der Waals surface area contributed by atoms with E-state index in [9.17, 15) is 9.59 Å². The maximum absolute atomic E-state index is 13.0. The molecule has 0 spiro atoms. The number of methoxy groups -OCH3 is 1. The van der Waals surface area contributed by atoms with Gasteiger partial charge in [-0.3, -0.25) is 9.69 Å². The second-order valence-electron chi connectivity index (χ2n) is 8.80. The van der Waals surface area contributed by atoms with E-state index in [0.29, 0.717) is 36.6 Å². The summed E-state index contributed by atoms with van der Waals surface area (Å²) in [5.41, 5.74) is 3.37. The Bertz CT molecular complexity index is 1400. The van der Waals surface area contributed by atoms with Gasteiger partial charge in [0.15, 0.2) is 0 Å². The molecule has 7 nitrogen and oxygen atoms in total. The van der Waals surface area contributed by atoms with E-state index in [2.05, 4.69) is 47.0 Å². The van der Waals surface area contributed by atoms with E-state index < -0.39 is 5.97 Å². The predicted octanol–water partition coefficient (Wildman–Crippen LogP) is 3.87. The van der Waals surface area contributed by atoms with Crippen molar-refractivity contribution in [2.75, 3.05) is 26.8 Å². The molecule has 1 aliphatic rings. The first-order valence-corrected chi connectivity index (χ1v) is 12.7. The Balaban J connectivity index is 1.39. The molecular weight excluding hydrogens is 462 g/mol. The minimum absolute atomic E-state index is 0.147. The second-order valence-corrected chi connectivity index (χ2v) is 9.83. The Labute approximate surface area is 208 Å². The zero-order valence-corrected chi connectivity index (χ0v) is 20.8. The number of carbonyl (C=O) groups is 1. The minimum Gasteiger partial charge on any atom is -0.492 e. The highest BCUT2D eigenvalue weighted by Crippen LogP contribution is 2.26. The van der Waals surface area contributed by atoms with Gasteiger partial charge in [-0.05, 0) is 23.1 Å². The van der Waals surface area contributed by atoms with Crippen LogP contribution in [-0.2, 0) is 37.7 Å². The van der Waals surface area contributed by atoms with Crippen LogP contribution in [0.3, 0.4) is 0 Å². The molecule has 0 radical (unpaired) electrons. The lowest BCUT2D eigenvalue weighted by atomic mass is 10.1. The molecule has 0 aliphatic carbocycles. The number of nitrogens with zero attached hydrogens (tertiary/aromatic N) is 3. The highest BCUT2D eigenvalue weighted by Gasteiger charge is 2.26. The largest absolute Gasteiger partial charge is 0.492 e. The molecule has 8 heteroatoms. The zero-order chi connectivity index (χ0) is 24.4. The van der Waals surface area contributed by atoms with Crippen molar-refractivity contribution in [3.05, 3.63) is 86.1 Å². The lowest BCUT2D eigenvalue weighted by Gasteiger charge is -2.19. The van der Waals surface area contributed by atoms with E-state index in [4.69, 9.17) is 9.47 Å². The van der Waals surface area contributed by atoms with Crippen molar-refractivity contribution in [1.82, 2.24) is 14.0 Å². The number of pyridine rings is 1. The minimum atomic E-state index is -0.470. The summed E-state index contributed by atoms with van der Waals surface area (Å²) in [6.07, 6.45) is 3.45. The smallest absolute Gasteiger partial charge is 0.343 e. The van der Waals surface area contributed by atoms with Gasteiger partial charge in [0, 0.05) is 79.8 Å². The summed E-state index contributed by atoms with van der Waals surface area (Å²) in [5, 5.41) is 3.26. The number of aryl methyl sites for hydroxylation is 1. The molecule has 5 rings (SSSR count). The molecule has 4 heterocycles. The van der Waals surface area contributed by atoms with Gasteiger partial charge in [0.1, 0.15) is 11.3 Å². The van der Waals surface area contributed by atoms with E-state index in [1.54, 1.807) is 15.9 Å². The van der Waals surface area contributed by atoms with Crippen molar-refractivity contribution in [1.29, 1.82) is 0 Å². The van der Waals surface area contributed by atoms with Crippen LogP contribution in [-0.4, -0.2) is 46.8 Å². The third-order valence-electron chi connectivity index (χ3n) is 6.64. The van der Waals surface area contributed by atoms with E-state index in [-0.39, 0.29) is 5.56 Å². The average Bonchev–Trinajstić information content (AvgIpc) is 3.43. The summed E-state index contributed by atoms with van der Waals surface area (Å²) in [7, 11) is 3.43. The van der Waals surface area contributed by atoms with Crippen LogP contribution in [0.2, 0.25) is 0 Å². The van der Waals surface area contributed by atoms with Gasteiger partial charge in [0.2, 0.25) is 0 Å². The van der Waals surface area contributed by atoms with Crippen molar-refractivity contribution in [3.63, 3.8) is 0 Å². The van der Waals surface area contributed by atoms with Gasteiger partial charge in [-0.2, -0.15) is 0 Å². The number of esters is 1. The van der Waals surface area contributed by atoms with E-state index in [0.717, 1.165) is 26.1 Å². The average molecular weight is 492 g/mol. The number of carbonyl (C=O) groups excluding carboxylic acids is 1. The summed E-state index contributed by atoms with van der Waals surface area (Å²) in [6, 6.07) is 13.9. The van der Waals surface area contributed by atoms with Crippen LogP contribution >= 0.6 is 11.3 Å². The van der Waals surface area contributed by atoms with Gasteiger partial charge >= 0.3 is 5.97 Å². The predicted molar refractivity (Wildman–Crippen MR) is 137 cm³/mol. The molecular formula is C27H29N3O4S. The SMILES string of the molecule is COC(=O)c1c(OCCc2cccs2)cc(=O)n2c1CCN(Cc1cn(C)c3ccccc13)CC2. The molecule has 35 heavy (non-hydrogen) atoms. The Hall–Kier alpha value is -3.36. The summed E-state index contributed by atoms with van der Waals surface area (Å²) in [4.78, 5) is 29.4. The maximum atomic E-state index is 13.0. The van der Waals surface area contributed by atoms with Gasteiger partial charge in [0.25, 0.3) is 5.56 Å². The summed E-state index contributed by atoms with van der Waals surface area (Å²) in [5.74, 6) is -0.158. The highest BCUT2D eigenvalue weighted by molar-refractivity contribution is 7.09. The molecule has 4 aromatic rings. The molecule has 3 aromatic heterocycles. The van der Waals surface area contributed by atoms with Crippen molar-refractivity contribution in [3.8, 4) is 5.75 Å². The number of fused-ring (bicyclic) bond motifs is 2.